The van der Waals surface area contributed by atoms with Crippen molar-refractivity contribution < 1.29 is 28.6 Å². The molecule has 0 N–H and O–H groups in total. The van der Waals surface area contributed by atoms with E-state index in [0.29, 0.717) is 19.3 Å². The number of hydrogen-bond acceptors (Lipinski definition) is 6. The standard InChI is InChI=1S/C53H102O6/c1-5-8-10-12-14-16-18-20-22-23-24-26-27-29-31-36-40-44-51(54)57-47-50(48-58-52(55)45-41-37-34-33-35-39-43-49(4)7-3)59-53(56)46-42-38-32-30-28-25-21-19-17-15-13-11-9-6-2/h49-50H,5-48H2,1-4H3/t49?,50-/m0/s1. The van der Waals surface area contributed by atoms with Gasteiger partial charge in [0.25, 0.3) is 0 Å². The Morgan fingerprint density at radius 1 is 0.339 bits per heavy atom. The van der Waals surface area contributed by atoms with Gasteiger partial charge < -0.3 is 14.2 Å². The molecule has 0 fully saturated rings. The highest BCUT2D eigenvalue weighted by Crippen LogP contribution is 2.18. The van der Waals surface area contributed by atoms with Crippen LogP contribution in [0.15, 0.2) is 0 Å². The molecule has 59 heavy (non-hydrogen) atoms. The number of rotatable bonds is 48. The molecule has 0 aliphatic heterocycles. The van der Waals surface area contributed by atoms with E-state index in [0.717, 1.165) is 63.7 Å². The van der Waals surface area contributed by atoms with E-state index in [2.05, 4.69) is 27.7 Å². The molecule has 0 aliphatic rings. The fourth-order valence-electron chi connectivity index (χ4n) is 8.01. The molecule has 0 heterocycles. The van der Waals surface area contributed by atoms with Gasteiger partial charge in [0, 0.05) is 19.3 Å². The van der Waals surface area contributed by atoms with E-state index in [1.54, 1.807) is 0 Å². The van der Waals surface area contributed by atoms with Crippen molar-refractivity contribution in [2.24, 2.45) is 5.92 Å². The minimum Gasteiger partial charge on any atom is -0.462 e. The van der Waals surface area contributed by atoms with Gasteiger partial charge in [0.05, 0.1) is 0 Å². The molecule has 2 atom stereocenters. The predicted molar refractivity (Wildman–Crippen MR) is 252 cm³/mol. The zero-order valence-electron chi connectivity index (χ0n) is 40.2. The Hall–Kier alpha value is -1.59. The first-order valence-electron chi connectivity index (χ1n) is 26.4. The van der Waals surface area contributed by atoms with Crippen LogP contribution in [-0.4, -0.2) is 37.2 Å². The number of ether oxygens (including phenoxy) is 3. The molecule has 0 radical (unpaired) electrons. The molecule has 0 rings (SSSR count). The van der Waals surface area contributed by atoms with Crippen LogP contribution in [0.25, 0.3) is 0 Å². The van der Waals surface area contributed by atoms with Gasteiger partial charge in [-0.05, 0) is 25.2 Å². The van der Waals surface area contributed by atoms with Gasteiger partial charge in [0.1, 0.15) is 13.2 Å². The van der Waals surface area contributed by atoms with Crippen molar-refractivity contribution in [1.29, 1.82) is 0 Å². The second-order valence-corrected chi connectivity index (χ2v) is 18.4. The van der Waals surface area contributed by atoms with Gasteiger partial charge in [-0.2, -0.15) is 0 Å². The molecule has 0 aromatic carbocycles. The second-order valence-electron chi connectivity index (χ2n) is 18.4. The molecule has 0 spiro atoms. The van der Waals surface area contributed by atoms with Crippen LogP contribution < -0.4 is 0 Å². The third-order valence-electron chi connectivity index (χ3n) is 12.4. The summed E-state index contributed by atoms with van der Waals surface area (Å²) in [5, 5.41) is 0. The normalized spacial score (nSPS) is 12.4. The third kappa shape index (κ3) is 45.8. The van der Waals surface area contributed by atoms with Crippen LogP contribution in [0.5, 0.6) is 0 Å². The first-order chi connectivity index (χ1) is 28.9. The highest BCUT2D eigenvalue weighted by Gasteiger charge is 2.19. The zero-order valence-corrected chi connectivity index (χ0v) is 40.2. The molecule has 6 heteroatoms. The summed E-state index contributed by atoms with van der Waals surface area (Å²) in [6.45, 7) is 9.00. The van der Waals surface area contributed by atoms with Crippen molar-refractivity contribution in [3.05, 3.63) is 0 Å². The molecule has 0 bridgehead atoms. The summed E-state index contributed by atoms with van der Waals surface area (Å²) >= 11 is 0. The van der Waals surface area contributed by atoms with Crippen LogP contribution in [0.3, 0.4) is 0 Å². The maximum atomic E-state index is 12.8. The summed E-state index contributed by atoms with van der Waals surface area (Å²) in [6.07, 6.45) is 49.5. The van der Waals surface area contributed by atoms with Gasteiger partial charge in [-0.1, -0.05) is 259 Å². The van der Waals surface area contributed by atoms with E-state index in [1.165, 1.54) is 193 Å². The molecule has 6 nitrogen and oxygen atoms in total. The van der Waals surface area contributed by atoms with Gasteiger partial charge >= 0.3 is 17.9 Å². The Morgan fingerprint density at radius 2 is 0.593 bits per heavy atom. The molecule has 0 saturated heterocycles. The molecule has 0 amide bonds. The Bertz CT molecular complexity index is 889. The number of esters is 3. The summed E-state index contributed by atoms with van der Waals surface area (Å²) in [7, 11) is 0. The van der Waals surface area contributed by atoms with Gasteiger partial charge in [0.2, 0.25) is 0 Å². The van der Waals surface area contributed by atoms with Gasteiger partial charge in [-0.25, -0.2) is 0 Å². The average Bonchev–Trinajstić information content (AvgIpc) is 3.23. The van der Waals surface area contributed by atoms with Crippen LogP contribution in [0, 0.1) is 5.92 Å². The van der Waals surface area contributed by atoms with E-state index < -0.39 is 6.10 Å². The fraction of sp³-hybridized carbons (Fsp3) is 0.943. The van der Waals surface area contributed by atoms with E-state index in [1.807, 2.05) is 0 Å². The Morgan fingerprint density at radius 3 is 0.881 bits per heavy atom. The number of hydrogen-bond donors (Lipinski definition) is 0. The molecule has 0 aromatic rings. The maximum Gasteiger partial charge on any atom is 0.306 e. The summed E-state index contributed by atoms with van der Waals surface area (Å²) in [5.41, 5.74) is 0. The predicted octanol–water partition coefficient (Wildman–Crippen LogP) is 17.1. The summed E-state index contributed by atoms with van der Waals surface area (Å²) in [4.78, 5) is 37.9. The minimum atomic E-state index is -0.761. The first kappa shape index (κ1) is 57.4. The minimum absolute atomic E-state index is 0.0633. The lowest BCUT2D eigenvalue weighted by atomic mass is 10.00. The smallest absolute Gasteiger partial charge is 0.306 e. The lowest BCUT2D eigenvalue weighted by Gasteiger charge is -2.18. The van der Waals surface area contributed by atoms with E-state index >= 15 is 0 Å². The third-order valence-corrected chi connectivity index (χ3v) is 12.4. The average molecular weight is 835 g/mol. The van der Waals surface area contributed by atoms with Crippen molar-refractivity contribution in [2.75, 3.05) is 13.2 Å². The Kier molecular flexibility index (Phi) is 46.2. The highest BCUT2D eigenvalue weighted by atomic mass is 16.6. The van der Waals surface area contributed by atoms with Crippen molar-refractivity contribution in [2.45, 2.75) is 303 Å². The molecular formula is C53H102O6. The first-order valence-corrected chi connectivity index (χ1v) is 26.4. The van der Waals surface area contributed by atoms with Crippen LogP contribution in [0.1, 0.15) is 297 Å². The van der Waals surface area contributed by atoms with Crippen LogP contribution in [0.2, 0.25) is 0 Å². The lowest BCUT2D eigenvalue weighted by molar-refractivity contribution is -0.167. The van der Waals surface area contributed by atoms with Crippen molar-refractivity contribution in [3.8, 4) is 0 Å². The Balaban J connectivity index is 4.27. The molecule has 1 unspecified atom stereocenters. The number of carbonyl (C=O) groups excluding carboxylic acids is 3. The second kappa shape index (κ2) is 47.5. The summed E-state index contributed by atoms with van der Waals surface area (Å²) in [6, 6.07) is 0. The SMILES string of the molecule is CCCCCCCCCCCCCCCCCCCC(=O)OC[C@@H](COC(=O)CCCCCCCCC(C)CC)OC(=O)CCCCCCCCCCCCCCCC. The number of carbonyl (C=O) groups is 3. The maximum absolute atomic E-state index is 12.8. The van der Waals surface area contributed by atoms with E-state index in [4.69, 9.17) is 14.2 Å². The Labute approximate surface area is 368 Å². The summed E-state index contributed by atoms with van der Waals surface area (Å²) in [5.74, 6) is -0.0318. The van der Waals surface area contributed by atoms with Gasteiger partial charge in [-0.3, -0.25) is 14.4 Å². The number of unbranched alkanes of at least 4 members (excludes halogenated alkanes) is 34. The molecule has 0 aliphatic carbocycles. The summed E-state index contributed by atoms with van der Waals surface area (Å²) < 4.78 is 16.8. The topological polar surface area (TPSA) is 78.9 Å². The lowest BCUT2D eigenvalue weighted by Crippen LogP contribution is -2.30. The fourth-order valence-corrected chi connectivity index (χ4v) is 8.01. The monoisotopic (exact) mass is 835 g/mol. The van der Waals surface area contributed by atoms with Crippen molar-refractivity contribution in [3.63, 3.8) is 0 Å². The molecule has 350 valence electrons. The van der Waals surface area contributed by atoms with Gasteiger partial charge in [0.15, 0.2) is 6.10 Å². The molecular weight excluding hydrogens is 733 g/mol. The molecule has 0 aromatic heterocycles. The van der Waals surface area contributed by atoms with Crippen LogP contribution in [0.4, 0.5) is 0 Å². The van der Waals surface area contributed by atoms with E-state index in [-0.39, 0.29) is 31.1 Å². The van der Waals surface area contributed by atoms with Crippen LogP contribution in [-0.2, 0) is 28.6 Å². The van der Waals surface area contributed by atoms with Crippen molar-refractivity contribution in [1.82, 2.24) is 0 Å². The van der Waals surface area contributed by atoms with Gasteiger partial charge in [-0.15, -0.1) is 0 Å². The zero-order chi connectivity index (χ0) is 43.1. The molecule has 0 saturated carbocycles. The largest absolute Gasteiger partial charge is 0.462 e. The van der Waals surface area contributed by atoms with Crippen molar-refractivity contribution >= 4 is 17.9 Å². The van der Waals surface area contributed by atoms with E-state index in [9.17, 15) is 14.4 Å². The quantitative estimate of drug-likeness (QED) is 0.0345. The van der Waals surface area contributed by atoms with Crippen LogP contribution >= 0.6 is 0 Å². The highest BCUT2D eigenvalue weighted by molar-refractivity contribution is 5.71.